The highest BCUT2D eigenvalue weighted by Crippen LogP contribution is 2.15. The molecule has 0 radical (unpaired) electrons. The van der Waals surface area contributed by atoms with Crippen molar-refractivity contribution in [1.29, 1.82) is 0 Å². The first kappa shape index (κ1) is 16.4. The molecule has 6 nitrogen and oxygen atoms in total. The number of urea groups is 1. The van der Waals surface area contributed by atoms with E-state index in [0.29, 0.717) is 18.8 Å². The summed E-state index contributed by atoms with van der Waals surface area (Å²) in [7, 11) is 3.15. The fraction of sp³-hybridized carbons (Fsp3) is 0.500. The van der Waals surface area contributed by atoms with Crippen LogP contribution in [0.4, 0.5) is 10.5 Å². The van der Waals surface area contributed by atoms with E-state index in [4.69, 9.17) is 9.47 Å². The lowest BCUT2D eigenvalue weighted by atomic mass is 10.1. The molecular weight excluding hydrogens is 260 g/mol. The van der Waals surface area contributed by atoms with Crippen LogP contribution in [0, 0.1) is 0 Å². The zero-order valence-electron chi connectivity index (χ0n) is 12.1. The van der Waals surface area contributed by atoms with Crippen molar-refractivity contribution in [2.45, 2.75) is 19.1 Å². The summed E-state index contributed by atoms with van der Waals surface area (Å²) in [5, 5.41) is 14.8. The van der Waals surface area contributed by atoms with Crippen LogP contribution >= 0.6 is 0 Å². The van der Waals surface area contributed by atoms with E-state index in [-0.39, 0.29) is 12.1 Å². The zero-order chi connectivity index (χ0) is 15.0. The van der Waals surface area contributed by atoms with Crippen molar-refractivity contribution in [3.8, 4) is 0 Å². The maximum atomic E-state index is 11.7. The van der Waals surface area contributed by atoms with E-state index in [1.165, 1.54) is 0 Å². The first-order valence-corrected chi connectivity index (χ1v) is 6.41. The van der Waals surface area contributed by atoms with Crippen LogP contribution in [-0.4, -0.2) is 44.6 Å². The molecule has 2 atom stereocenters. The van der Waals surface area contributed by atoms with Crippen molar-refractivity contribution < 1.29 is 19.4 Å². The molecule has 0 aliphatic carbocycles. The SMILES string of the molecule is COCC(CNC(=O)Nc1ccc(C(C)O)cc1)OC. The molecule has 0 aliphatic heterocycles. The summed E-state index contributed by atoms with van der Waals surface area (Å²) in [5.74, 6) is 0. The molecule has 0 heterocycles. The highest BCUT2D eigenvalue weighted by Gasteiger charge is 2.09. The number of aliphatic hydroxyl groups excluding tert-OH is 1. The van der Waals surface area contributed by atoms with E-state index in [1.54, 1.807) is 45.4 Å². The van der Waals surface area contributed by atoms with Gasteiger partial charge in [-0.05, 0) is 24.6 Å². The Morgan fingerprint density at radius 1 is 1.30 bits per heavy atom. The smallest absolute Gasteiger partial charge is 0.319 e. The number of hydrogen-bond acceptors (Lipinski definition) is 4. The number of nitrogens with one attached hydrogen (secondary N) is 2. The van der Waals surface area contributed by atoms with Gasteiger partial charge in [0.2, 0.25) is 0 Å². The van der Waals surface area contributed by atoms with Crippen molar-refractivity contribution in [3.05, 3.63) is 29.8 Å². The first-order valence-electron chi connectivity index (χ1n) is 6.41. The third kappa shape index (κ3) is 5.56. The molecular formula is C14H22N2O4. The third-order valence-corrected chi connectivity index (χ3v) is 2.83. The van der Waals surface area contributed by atoms with Crippen molar-refractivity contribution in [2.24, 2.45) is 0 Å². The number of benzene rings is 1. The first-order chi connectivity index (χ1) is 9.56. The standard InChI is InChI=1S/C14H22N2O4/c1-10(17)11-4-6-12(7-5-11)16-14(18)15-8-13(20-3)9-19-2/h4-7,10,13,17H,8-9H2,1-3H3,(H2,15,16,18). The fourth-order valence-corrected chi connectivity index (χ4v) is 1.62. The lowest BCUT2D eigenvalue weighted by Crippen LogP contribution is -2.37. The Balaban J connectivity index is 2.42. The minimum Gasteiger partial charge on any atom is -0.389 e. The lowest BCUT2D eigenvalue weighted by molar-refractivity contribution is 0.0307. The number of aliphatic hydroxyl groups is 1. The highest BCUT2D eigenvalue weighted by atomic mass is 16.5. The van der Waals surface area contributed by atoms with Gasteiger partial charge in [0, 0.05) is 26.5 Å². The third-order valence-electron chi connectivity index (χ3n) is 2.83. The lowest BCUT2D eigenvalue weighted by Gasteiger charge is -2.15. The minimum absolute atomic E-state index is 0.177. The summed E-state index contributed by atoms with van der Waals surface area (Å²) >= 11 is 0. The monoisotopic (exact) mass is 282 g/mol. The summed E-state index contributed by atoms with van der Waals surface area (Å²) in [6, 6.07) is 6.70. The van der Waals surface area contributed by atoms with Gasteiger partial charge in [-0.1, -0.05) is 12.1 Å². The minimum atomic E-state index is -0.519. The topological polar surface area (TPSA) is 79.8 Å². The summed E-state index contributed by atoms with van der Waals surface area (Å²) in [6.07, 6.45) is -0.697. The number of methoxy groups -OCH3 is 2. The van der Waals surface area contributed by atoms with Gasteiger partial charge in [0.05, 0.1) is 18.8 Å². The second kappa shape index (κ2) is 8.52. The Labute approximate surface area is 119 Å². The largest absolute Gasteiger partial charge is 0.389 e. The second-order valence-corrected chi connectivity index (χ2v) is 4.45. The summed E-state index contributed by atoms with van der Waals surface area (Å²) in [4.78, 5) is 11.7. The van der Waals surface area contributed by atoms with Gasteiger partial charge < -0.3 is 25.2 Å². The number of carbonyl (C=O) groups is 1. The molecule has 0 aliphatic rings. The van der Waals surface area contributed by atoms with Crippen LogP contribution in [0.2, 0.25) is 0 Å². The summed E-state index contributed by atoms with van der Waals surface area (Å²) < 4.78 is 10.1. The predicted octanol–water partition coefficient (Wildman–Crippen LogP) is 1.52. The Morgan fingerprint density at radius 2 is 1.95 bits per heavy atom. The molecule has 1 rings (SSSR count). The van der Waals surface area contributed by atoms with E-state index >= 15 is 0 Å². The number of carbonyl (C=O) groups excluding carboxylic acids is 1. The van der Waals surface area contributed by atoms with Gasteiger partial charge in [-0.2, -0.15) is 0 Å². The molecule has 0 bridgehead atoms. The summed E-state index contributed by atoms with van der Waals surface area (Å²) in [5.41, 5.74) is 1.46. The van der Waals surface area contributed by atoms with Crippen LogP contribution in [0.25, 0.3) is 0 Å². The number of anilines is 1. The van der Waals surface area contributed by atoms with E-state index in [0.717, 1.165) is 5.56 Å². The van der Waals surface area contributed by atoms with E-state index in [2.05, 4.69) is 10.6 Å². The van der Waals surface area contributed by atoms with Gasteiger partial charge in [-0.15, -0.1) is 0 Å². The molecule has 3 N–H and O–H groups in total. The highest BCUT2D eigenvalue weighted by molar-refractivity contribution is 5.89. The zero-order valence-corrected chi connectivity index (χ0v) is 12.1. The Kier molecular flexibility index (Phi) is 7.00. The van der Waals surface area contributed by atoms with Gasteiger partial charge in [-0.25, -0.2) is 4.79 Å². The van der Waals surface area contributed by atoms with Crippen LogP contribution in [0.3, 0.4) is 0 Å². The molecule has 20 heavy (non-hydrogen) atoms. The number of rotatable bonds is 7. The van der Waals surface area contributed by atoms with Gasteiger partial charge in [0.15, 0.2) is 0 Å². The Hall–Kier alpha value is -1.63. The predicted molar refractivity (Wildman–Crippen MR) is 76.8 cm³/mol. The van der Waals surface area contributed by atoms with Crippen molar-refractivity contribution in [2.75, 3.05) is 32.7 Å². The molecule has 112 valence electrons. The maximum Gasteiger partial charge on any atom is 0.319 e. The molecule has 1 aromatic carbocycles. The molecule has 0 spiro atoms. The maximum absolute atomic E-state index is 11.7. The molecule has 0 aromatic heterocycles. The molecule has 0 saturated heterocycles. The van der Waals surface area contributed by atoms with Crippen LogP contribution in [0.15, 0.2) is 24.3 Å². The molecule has 0 fully saturated rings. The number of amides is 2. The number of hydrogen-bond donors (Lipinski definition) is 3. The molecule has 0 saturated carbocycles. The van der Waals surface area contributed by atoms with Gasteiger partial charge >= 0.3 is 6.03 Å². The van der Waals surface area contributed by atoms with Crippen molar-refractivity contribution >= 4 is 11.7 Å². The number of ether oxygens (including phenoxy) is 2. The van der Waals surface area contributed by atoms with Gasteiger partial charge in [0.25, 0.3) is 0 Å². The second-order valence-electron chi connectivity index (χ2n) is 4.45. The summed E-state index contributed by atoms with van der Waals surface area (Å²) in [6.45, 7) is 2.47. The normalized spacial score (nSPS) is 13.6. The van der Waals surface area contributed by atoms with Gasteiger partial charge in [-0.3, -0.25) is 0 Å². The molecule has 6 heteroatoms. The molecule has 1 aromatic rings. The average molecular weight is 282 g/mol. The van der Waals surface area contributed by atoms with E-state index in [9.17, 15) is 9.90 Å². The van der Waals surface area contributed by atoms with E-state index in [1.807, 2.05) is 0 Å². The van der Waals surface area contributed by atoms with Crippen molar-refractivity contribution in [3.63, 3.8) is 0 Å². The fourth-order valence-electron chi connectivity index (χ4n) is 1.62. The van der Waals surface area contributed by atoms with Crippen LogP contribution in [0.1, 0.15) is 18.6 Å². The average Bonchev–Trinajstić information content (AvgIpc) is 2.44. The molecule has 2 amide bonds. The van der Waals surface area contributed by atoms with Gasteiger partial charge in [0.1, 0.15) is 0 Å². The van der Waals surface area contributed by atoms with E-state index < -0.39 is 6.10 Å². The van der Waals surface area contributed by atoms with Crippen LogP contribution in [-0.2, 0) is 9.47 Å². The van der Waals surface area contributed by atoms with Crippen LogP contribution < -0.4 is 10.6 Å². The Morgan fingerprint density at radius 3 is 2.45 bits per heavy atom. The van der Waals surface area contributed by atoms with Crippen molar-refractivity contribution in [1.82, 2.24) is 5.32 Å². The quantitative estimate of drug-likeness (QED) is 0.708. The Bertz CT molecular complexity index is 406. The van der Waals surface area contributed by atoms with Crippen LogP contribution in [0.5, 0.6) is 0 Å². The molecule has 2 unspecified atom stereocenters.